The number of carbonyl (C=O) groups excluding carboxylic acids is 1. The molecule has 5 nitrogen and oxygen atoms in total. The molecule has 0 unspecified atom stereocenters. The molecule has 1 heterocycles. The minimum atomic E-state index is -0.214. The van der Waals surface area contributed by atoms with E-state index >= 15 is 0 Å². The quantitative estimate of drug-likeness (QED) is 0.715. The van der Waals surface area contributed by atoms with Gasteiger partial charge in [0.2, 0.25) is 0 Å². The van der Waals surface area contributed by atoms with Crippen LogP contribution in [0.4, 0.5) is 5.82 Å². The Morgan fingerprint density at radius 2 is 2.00 bits per heavy atom. The zero-order chi connectivity index (χ0) is 17.8. The second kappa shape index (κ2) is 7.32. The molecule has 0 saturated heterocycles. The molecule has 1 N–H and O–H groups in total. The summed E-state index contributed by atoms with van der Waals surface area (Å²) in [4.78, 5) is 12.4. The number of halogens is 1. The molecule has 0 aliphatic carbocycles. The van der Waals surface area contributed by atoms with Gasteiger partial charge < -0.3 is 5.32 Å². The normalized spacial score (nSPS) is 10.3. The summed E-state index contributed by atoms with van der Waals surface area (Å²) < 4.78 is 2.62. The van der Waals surface area contributed by atoms with Gasteiger partial charge in [-0.3, -0.25) is 4.79 Å². The summed E-state index contributed by atoms with van der Waals surface area (Å²) in [6, 6.07) is 18.3. The van der Waals surface area contributed by atoms with Crippen molar-refractivity contribution in [2.75, 3.05) is 5.32 Å². The van der Waals surface area contributed by atoms with Crippen LogP contribution in [0, 0.1) is 11.3 Å². The molecule has 124 valence electrons. The SMILES string of the molecule is CCc1cc(NC(=O)c2cccc(Br)c2)nn1-c1ccc(C#N)cc1. The molecule has 1 aromatic heterocycles. The molecule has 25 heavy (non-hydrogen) atoms. The molecule has 0 aliphatic heterocycles. The third-order valence-electron chi connectivity index (χ3n) is 3.71. The van der Waals surface area contributed by atoms with E-state index in [-0.39, 0.29) is 5.91 Å². The number of benzene rings is 2. The lowest BCUT2D eigenvalue weighted by Crippen LogP contribution is -2.12. The van der Waals surface area contributed by atoms with Gasteiger partial charge in [0.1, 0.15) is 0 Å². The molecule has 2 aromatic carbocycles. The van der Waals surface area contributed by atoms with Crippen molar-refractivity contribution in [3.8, 4) is 11.8 Å². The summed E-state index contributed by atoms with van der Waals surface area (Å²) in [5.41, 5.74) is 2.96. The average molecular weight is 395 g/mol. The van der Waals surface area contributed by atoms with Gasteiger partial charge in [-0.2, -0.15) is 5.26 Å². The van der Waals surface area contributed by atoms with Crippen LogP contribution < -0.4 is 5.32 Å². The Kier molecular flexibility index (Phi) is 4.96. The Morgan fingerprint density at radius 3 is 2.64 bits per heavy atom. The molecule has 0 saturated carbocycles. The first-order valence-corrected chi connectivity index (χ1v) is 8.56. The van der Waals surface area contributed by atoms with Crippen LogP contribution in [0.2, 0.25) is 0 Å². The first-order chi connectivity index (χ1) is 12.1. The highest BCUT2D eigenvalue weighted by Gasteiger charge is 2.12. The van der Waals surface area contributed by atoms with Crippen molar-refractivity contribution in [2.24, 2.45) is 0 Å². The number of hydrogen-bond donors (Lipinski definition) is 1. The number of nitrogens with zero attached hydrogens (tertiary/aromatic N) is 3. The Hall–Kier alpha value is -2.91. The molecule has 1 amide bonds. The van der Waals surface area contributed by atoms with E-state index in [2.05, 4.69) is 32.4 Å². The Labute approximate surface area is 154 Å². The lowest BCUT2D eigenvalue weighted by atomic mass is 10.2. The molecule has 0 fully saturated rings. The Morgan fingerprint density at radius 1 is 1.24 bits per heavy atom. The maximum atomic E-state index is 12.4. The third-order valence-corrected chi connectivity index (χ3v) is 4.21. The number of aryl methyl sites for hydroxylation is 1. The molecular formula is C19H15BrN4O. The van der Waals surface area contributed by atoms with Crippen LogP contribution in [-0.4, -0.2) is 15.7 Å². The summed E-state index contributed by atoms with van der Waals surface area (Å²) in [6.07, 6.45) is 0.764. The highest BCUT2D eigenvalue weighted by Crippen LogP contribution is 2.18. The van der Waals surface area contributed by atoms with Crippen LogP contribution in [0.25, 0.3) is 5.69 Å². The second-order valence-electron chi connectivity index (χ2n) is 5.41. The van der Waals surface area contributed by atoms with E-state index < -0.39 is 0 Å². The van der Waals surface area contributed by atoms with Gasteiger partial charge in [-0.25, -0.2) is 4.68 Å². The predicted molar refractivity (Wildman–Crippen MR) is 99.8 cm³/mol. The molecule has 6 heteroatoms. The number of amides is 1. The summed E-state index contributed by atoms with van der Waals surface area (Å²) in [5.74, 6) is 0.277. The van der Waals surface area contributed by atoms with Crippen molar-refractivity contribution in [3.63, 3.8) is 0 Å². The van der Waals surface area contributed by atoms with Gasteiger partial charge in [-0.15, -0.1) is 5.10 Å². The fourth-order valence-electron chi connectivity index (χ4n) is 2.45. The van der Waals surface area contributed by atoms with E-state index in [1.165, 1.54) is 0 Å². The smallest absolute Gasteiger partial charge is 0.256 e. The molecule has 0 bridgehead atoms. The monoisotopic (exact) mass is 394 g/mol. The maximum Gasteiger partial charge on any atom is 0.256 e. The fraction of sp³-hybridized carbons (Fsp3) is 0.105. The summed E-state index contributed by atoms with van der Waals surface area (Å²) in [6.45, 7) is 2.02. The molecule has 0 spiro atoms. The molecule has 3 rings (SSSR count). The number of nitriles is 1. The minimum absolute atomic E-state index is 0.214. The van der Waals surface area contributed by atoms with Gasteiger partial charge in [-0.05, 0) is 48.9 Å². The first kappa shape index (κ1) is 16.9. The fourth-order valence-corrected chi connectivity index (χ4v) is 2.85. The Bertz CT molecular complexity index is 954. The summed E-state index contributed by atoms with van der Waals surface area (Å²) >= 11 is 3.36. The number of hydrogen-bond acceptors (Lipinski definition) is 3. The number of aromatic nitrogens is 2. The first-order valence-electron chi connectivity index (χ1n) is 7.77. The van der Waals surface area contributed by atoms with Gasteiger partial charge in [-0.1, -0.05) is 28.9 Å². The van der Waals surface area contributed by atoms with Crippen LogP contribution >= 0.6 is 15.9 Å². The van der Waals surface area contributed by atoms with E-state index in [4.69, 9.17) is 5.26 Å². The van der Waals surface area contributed by atoms with Crippen molar-refractivity contribution in [1.82, 2.24) is 9.78 Å². The zero-order valence-corrected chi connectivity index (χ0v) is 15.1. The van der Waals surface area contributed by atoms with Gasteiger partial charge in [0, 0.05) is 21.8 Å². The molecule has 0 radical (unpaired) electrons. The Balaban J connectivity index is 1.87. The molecule has 0 aliphatic rings. The summed E-state index contributed by atoms with van der Waals surface area (Å²) in [7, 11) is 0. The van der Waals surface area contributed by atoms with Crippen molar-refractivity contribution < 1.29 is 4.79 Å². The maximum absolute atomic E-state index is 12.4. The van der Waals surface area contributed by atoms with Gasteiger partial charge in [0.05, 0.1) is 17.3 Å². The lowest BCUT2D eigenvalue weighted by molar-refractivity contribution is 0.102. The number of rotatable bonds is 4. The largest absolute Gasteiger partial charge is 0.305 e. The lowest BCUT2D eigenvalue weighted by Gasteiger charge is -2.05. The molecule has 0 atom stereocenters. The van der Waals surface area contributed by atoms with E-state index in [0.717, 1.165) is 22.3 Å². The van der Waals surface area contributed by atoms with E-state index in [9.17, 15) is 4.79 Å². The van der Waals surface area contributed by atoms with E-state index in [1.54, 1.807) is 28.9 Å². The molecular weight excluding hydrogens is 380 g/mol. The van der Waals surface area contributed by atoms with Crippen molar-refractivity contribution in [3.05, 3.63) is 75.9 Å². The topological polar surface area (TPSA) is 70.7 Å². The summed E-state index contributed by atoms with van der Waals surface area (Å²) in [5, 5.41) is 16.2. The van der Waals surface area contributed by atoms with Crippen LogP contribution in [0.1, 0.15) is 28.5 Å². The van der Waals surface area contributed by atoms with E-state index in [0.29, 0.717) is 16.9 Å². The van der Waals surface area contributed by atoms with Crippen LogP contribution in [0.3, 0.4) is 0 Å². The standard InChI is InChI=1S/C19H15BrN4O/c1-2-16-11-18(22-19(25)14-4-3-5-15(20)10-14)23-24(16)17-8-6-13(12-21)7-9-17/h3-11H,2H2,1H3,(H,22,23,25). The molecule has 3 aromatic rings. The minimum Gasteiger partial charge on any atom is -0.305 e. The van der Waals surface area contributed by atoms with Crippen LogP contribution in [0.15, 0.2) is 59.1 Å². The number of nitrogens with one attached hydrogen (secondary N) is 1. The van der Waals surface area contributed by atoms with Crippen molar-refractivity contribution >= 4 is 27.7 Å². The highest BCUT2D eigenvalue weighted by atomic mass is 79.9. The highest BCUT2D eigenvalue weighted by molar-refractivity contribution is 9.10. The van der Waals surface area contributed by atoms with Gasteiger partial charge in [0.25, 0.3) is 5.91 Å². The zero-order valence-electron chi connectivity index (χ0n) is 13.5. The van der Waals surface area contributed by atoms with E-state index in [1.807, 2.05) is 37.3 Å². The average Bonchev–Trinajstić information content (AvgIpc) is 3.04. The van der Waals surface area contributed by atoms with Crippen LogP contribution in [0.5, 0.6) is 0 Å². The van der Waals surface area contributed by atoms with Crippen LogP contribution in [-0.2, 0) is 6.42 Å². The second-order valence-corrected chi connectivity index (χ2v) is 6.33. The van der Waals surface area contributed by atoms with Gasteiger partial charge in [0.15, 0.2) is 5.82 Å². The predicted octanol–water partition coefficient (Wildman–Crippen LogP) is 4.32. The van der Waals surface area contributed by atoms with Crippen molar-refractivity contribution in [2.45, 2.75) is 13.3 Å². The number of anilines is 1. The van der Waals surface area contributed by atoms with Crippen molar-refractivity contribution in [1.29, 1.82) is 5.26 Å². The number of carbonyl (C=O) groups is 1. The third kappa shape index (κ3) is 3.78. The van der Waals surface area contributed by atoms with Gasteiger partial charge >= 0.3 is 0 Å².